The monoisotopic (exact) mass is 510 g/mol. The third kappa shape index (κ3) is 5.52. The zero-order valence-corrected chi connectivity index (χ0v) is 20.8. The quantitative estimate of drug-likeness (QED) is 0.299. The van der Waals surface area contributed by atoms with Gasteiger partial charge in [-0.1, -0.05) is 30.3 Å². The van der Waals surface area contributed by atoms with E-state index in [0.29, 0.717) is 34.9 Å². The van der Waals surface area contributed by atoms with E-state index in [4.69, 9.17) is 9.47 Å². The number of anilines is 2. The Morgan fingerprint density at radius 1 is 0.842 bits per heavy atom. The highest BCUT2D eigenvalue weighted by molar-refractivity contribution is 6.00. The Morgan fingerprint density at radius 3 is 2.13 bits per heavy atom. The summed E-state index contributed by atoms with van der Waals surface area (Å²) < 4.78 is 24.9. The summed E-state index contributed by atoms with van der Waals surface area (Å²) in [5, 5.41) is 2.99. The van der Waals surface area contributed by atoms with E-state index < -0.39 is 12.0 Å². The summed E-state index contributed by atoms with van der Waals surface area (Å²) in [6.07, 6.45) is 0.584. The molecule has 1 aliphatic rings. The van der Waals surface area contributed by atoms with Crippen LogP contribution in [-0.2, 0) is 9.59 Å². The smallest absolute Gasteiger partial charge is 0.229 e. The van der Waals surface area contributed by atoms with E-state index >= 15 is 0 Å². The number of nitrogens with one attached hydrogen (secondary N) is 1. The first-order valence-electron chi connectivity index (χ1n) is 12.4. The van der Waals surface area contributed by atoms with Crippen molar-refractivity contribution in [3.63, 3.8) is 0 Å². The van der Waals surface area contributed by atoms with Crippen molar-refractivity contribution in [3.05, 3.63) is 115 Å². The van der Waals surface area contributed by atoms with Gasteiger partial charge in [-0.25, -0.2) is 4.39 Å². The van der Waals surface area contributed by atoms with Crippen molar-refractivity contribution in [1.29, 1.82) is 0 Å². The average Bonchev–Trinajstić information content (AvgIpc) is 2.95. The minimum Gasteiger partial charge on any atom is -0.497 e. The normalized spacial score (nSPS) is 17.1. The first kappa shape index (κ1) is 25.0. The number of halogens is 1. The van der Waals surface area contributed by atoms with E-state index in [1.165, 1.54) is 12.1 Å². The van der Waals surface area contributed by atoms with Crippen molar-refractivity contribution < 1.29 is 23.5 Å². The van der Waals surface area contributed by atoms with Gasteiger partial charge in [0.05, 0.1) is 19.1 Å². The van der Waals surface area contributed by atoms with E-state index in [9.17, 15) is 14.0 Å². The van der Waals surface area contributed by atoms with Crippen molar-refractivity contribution in [2.75, 3.05) is 17.3 Å². The summed E-state index contributed by atoms with van der Waals surface area (Å²) in [5.74, 6) is 0.763. The highest BCUT2D eigenvalue weighted by Gasteiger charge is 2.41. The number of hydrogen-bond acceptors (Lipinski definition) is 4. The summed E-state index contributed by atoms with van der Waals surface area (Å²) in [6, 6.07) is 29.0. The fourth-order valence-electron chi connectivity index (χ4n) is 4.72. The maximum Gasteiger partial charge on any atom is 0.229 e. The number of rotatable bonds is 7. The number of para-hydroxylation sites is 1. The van der Waals surface area contributed by atoms with Crippen LogP contribution in [0, 0.1) is 11.7 Å². The number of carbonyl (C=O) groups excluding carboxylic acids is 2. The van der Waals surface area contributed by atoms with Crippen LogP contribution in [0.4, 0.5) is 15.8 Å². The lowest BCUT2D eigenvalue weighted by Crippen LogP contribution is -2.47. The molecule has 2 atom stereocenters. The van der Waals surface area contributed by atoms with Gasteiger partial charge in [0.2, 0.25) is 11.8 Å². The van der Waals surface area contributed by atoms with Crippen molar-refractivity contribution >= 4 is 23.2 Å². The molecule has 7 heteroatoms. The third-order valence-corrected chi connectivity index (χ3v) is 6.60. The number of nitrogens with zero attached hydrogens (tertiary/aromatic N) is 1. The zero-order chi connectivity index (χ0) is 26.5. The molecule has 4 aromatic rings. The molecule has 2 amide bonds. The highest BCUT2D eigenvalue weighted by atomic mass is 19.1. The summed E-state index contributed by atoms with van der Waals surface area (Å²) in [7, 11) is 1.57. The predicted octanol–water partition coefficient (Wildman–Crippen LogP) is 6.75. The molecule has 1 fully saturated rings. The van der Waals surface area contributed by atoms with E-state index in [2.05, 4.69) is 5.32 Å². The molecule has 0 aromatic heterocycles. The van der Waals surface area contributed by atoms with E-state index in [-0.39, 0.29) is 24.1 Å². The molecule has 0 radical (unpaired) electrons. The Morgan fingerprint density at radius 2 is 1.47 bits per heavy atom. The Balaban J connectivity index is 1.40. The first-order chi connectivity index (χ1) is 18.5. The van der Waals surface area contributed by atoms with E-state index in [1.54, 1.807) is 72.7 Å². The Bertz CT molecular complexity index is 1390. The molecule has 0 spiro atoms. The van der Waals surface area contributed by atoms with Gasteiger partial charge in [-0.2, -0.15) is 0 Å². The summed E-state index contributed by atoms with van der Waals surface area (Å²) in [4.78, 5) is 28.4. The van der Waals surface area contributed by atoms with Gasteiger partial charge >= 0.3 is 0 Å². The Labute approximate surface area is 220 Å². The Kier molecular flexibility index (Phi) is 7.35. The van der Waals surface area contributed by atoms with Crippen molar-refractivity contribution in [3.8, 4) is 17.2 Å². The second-order valence-electron chi connectivity index (χ2n) is 9.03. The van der Waals surface area contributed by atoms with Gasteiger partial charge in [0.25, 0.3) is 0 Å². The van der Waals surface area contributed by atoms with Crippen molar-refractivity contribution in [1.82, 2.24) is 0 Å². The van der Waals surface area contributed by atoms with Gasteiger partial charge in [-0.3, -0.25) is 9.59 Å². The zero-order valence-electron chi connectivity index (χ0n) is 20.8. The van der Waals surface area contributed by atoms with Crippen molar-refractivity contribution in [2.45, 2.75) is 18.9 Å². The standard InChI is InChI=1S/C31H27FN2O4/c1-37-25-17-13-24(14-18-25)34-29(35)20-19-28(30(34)21-7-9-22(32)10-8-21)31(36)33-23-11-15-27(16-12-23)38-26-5-3-2-4-6-26/h2-18,28,30H,19-20H2,1H3,(H,33,36)/t28-,30-/m1/s1. The minimum atomic E-state index is -0.606. The number of amides is 2. The molecule has 4 aromatic carbocycles. The Hall–Kier alpha value is -4.65. The van der Waals surface area contributed by atoms with Gasteiger partial charge in [-0.05, 0) is 84.8 Å². The first-order valence-corrected chi connectivity index (χ1v) is 12.4. The fraction of sp³-hybridized carbons (Fsp3) is 0.161. The number of piperidine rings is 1. The van der Waals surface area contributed by atoms with Crippen LogP contribution in [0.1, 0.15) is 24.4 Å². The van der Waals surface area contributed by atoms with Gasteiger partial charge in [0.15, 0.2) is 0 Å². The molecular weight excluding hydrogens is 483 g/mol. The lowest BCUT2D eigenvalue weighted by molar-refractivity contribution is -0.125. The molecule has 0 aliphatic carbocycles. The van der Waals surface area contributed by atoms with Crippen LogP contribution >= 0.6 is 0 Å². The largest absolute Gasteiger partial charge is 0.497 e. The number of carbonyl (C=O) groups is 2. The van der Waals surface area contributed by atoms with Crippen LogP contribution < -0.4 is 19.7 Å². The molecule has 6 nitrogen and oxygen atoms in total. The molecule has 1 aliphatic heterocycles. The summed E-state index contributed by atoms with van der Waals surface area (Å²) >= 11 is 0. The van der Waals surface area contributed by atoms with Gasteiger partial charge < -0.3 is 19.7 Å². The molecule has 192 valence electrons. The molecule has 0 bridgehead atoms. The van der Waals surface area contributed by atoms with E-state index in [0.717, 1.165) is 5.75 Å². The SMILES string of the molecule is COc1ccc(N2C(=O)CC[C@@H](C(=O)Nc3ccc(Oc4ccccc4)cc3)[C@H]2c2ccc(F)cc2)cc1. The lowest BCUT2D eigenvalue weighted by atomic mass is 9.83. The molecule has 1 saturated heterocycles. The van der Waals surface area contributed by atoms with Crippen LogP contribution in [0.2, 0.25) is 0 Å². The fourth-order valence-corrected chi connectivity index (χ4v) is 4.72. The predicted molar refractivity (Wildman–Crippen MR) is 144 cm³/mol. The van der Waals surface area contributed by atoms with Gasteiger partial charge in [0.1, 0.15) is 23.1 Å². The number of ether oxygens (including phenoxy) is 2. The van der Waals surface area contributed by atoms with Gasteiger partial charge in [-0.15, -0.1) is 0 Å². The van der Waals surface area contributed by atoms with Crippen LogP contribution in [0.25, 0.3) is 0 Å². The average molecular weight is 511 g/mol. The van der Waals surface area contributed by atoms with Gasteiger partial charge in [0, 0.05) is 17.8 Å². The van der Waals surface area contributed by atoms with Crippen molar-refractivity contribution in [2.24, 2.45) is 5.92 Å². The lowest BCUT2D eigenvalue weighted by Gasteiger charge is -2.41. The number of methoxy groups -OCH3 is 1. The molecule has 1 N–H and O–H groups in total. The van der Waals surface area contributed by atoms with Crippen LogP contribution in [0.5, 0.6) is 17.2 Å². The van der Waals surface area contributed by atoms with Crippen LogP contribution in [0.15, 0.2) is 103 Å². The van der Waals surface area contributed by atoms with E-state index in [1.807, 2.05) is 30.3 Å². The maximum atomic E-state index is 13.8. The molecular formula is C31H27FN2O4. The topological polar surface area (TPSA) is 67.9 Å². The molecule has 5 rings (SSSR count). The summed E-state index contributed by atoms with van der Waals surface area (Å²) in [5.41, 5.74) is 1.94. The maximum absolute atomic E-state index is 13.8. The highest BCUT2D eigenvalue weighted by Crippen LogP contribution is 2.41. The molecule has 1 heterocycles. The second kappa shape index (κ2) is 11.2. The minimum absolute atomic E-state index is 0.101. The molecule has 0 saturated carbocycles. The molecule has 0 unspecified atom stereocenters. The van der Waals surface area contributed by atoms with Crippen LogP contribution in [0.3, 0.4) is 0 Å². The third-order valence-electron chi connectivity index (χ3n) is 6.60. The molecule has 38 heavy (non-hydrogen) atoms. The second-order valence-corrected chi connectivity index (χ2v) is 9.03. The van der Waals surface area contributed by atoms with Crippen LogP contribution in [-0.4, -0.2) is 18.9 Å². The number of benzene rings is 4. The number of hydrogen-bond donors (Lipinski definition) is 1. The summed E-state index contributed by atoms with van der Waals surface area (Å²) in [6.45, 7) is 0.